The number of aromatic nitrogens is 1. The lowest BCUT2D eigenvalue weighted by Crippen LogP contribution is -2.08. The van der Waals surface area contributed by atoms with Crippen LogP contribution in [0.2, 0.25) is 5.02 Å². The molecule has 0 aliphatic rings. The second kappa shape index (κ2) is 16.1. The zero-order valence-corrected chi connectivity index (χ0v) is 25.6. The van der Waals surface area contributed by atoms with E-state index in [0.717, 1.165) is 48.9 Å². The lowest BCUT2D eigenvalue weighted by molar-refractivity contribution is -0.0911. The van der Waals surface area contributed by atoms with Crippen molar-refractivity contribution in [3.05, 3.63) is 87.5 Å². The average molecular weight is 595 g/mol. The van der Waals surface area contributed by atoms with Gasteiger partial charge in [0.25, 0.3) is 0 Å². The highest BCUT2D eigenvalue weighted by Gasteiger charge is 2.29. The molecule has 0 bridgehead atoms. The van der Waals surface area contributed by atoms with Crippen molar-refractivity contribution in [2.24, 2.45) is 4.99 Å². The van der Waals surface area contributed by atoms with Crippen LogP contribution in [0.4, 0.5) is 17.6 Å². The van der Waals surface area contributed by atoms with E-state index in [4.69, 9.17) is 11.6 Å². The molecule has 3 rings (SSSR count). The summed E-state index contributed by atoms with van der Waals surface area (Å²) in [6.45, 7) is 9.12. The van der Waals surface area contributed by atoms with Crippen LogP contribution in [0, 0.1) is 5.82 Å². The number of hydrogen-bond donors (Lipinski definition) is 1. The van der Waals surface area contributed by atoms with Crippen molar-refractivity contribution >= 4 is 40.5 Å². The Morgan fingerprint density at radius 3 is 2.35 bits per heavy atom. The molecule has 40 heavy (non-hydrogen) atoms. The Hall–Kier alpha value is -2.51. The van der Waals surface area contributed by atoms with Crippen LogP contribution in [-0.4, -0.2) is 23.6 Å². The van der Waals surface area contributed by atoms with Crippen molar-refractivity contribution in [2.45, 2.75) is 83.7 Å². The Labute approximate surface area is 245 Å². The molecule has 218 valence electrons. The fourth-order valence-corrected chi connectivity index (χ4v) is 4.80. The number of rotatable bonds is 10. The molecule has 1 aromatic heterocycles. The fourth-order valence-electron chi connectivity index (χ4n) is 4.22. The van der Waals surface area contributed by atoms with Crippen LogP contribution in [0.3, 0.4) is 0 Å². The van der Waals surface area contributed by atoms with Crippen molar-refractivity contribution in [3.8, 4) is 0 Å². The van der Waals surface area contributed by atoms with E-state index in [9.17, 15) is 17.6 Å². The Kier molecular flexibility index (Phi) is 13.5. The fraction of sp³-hybridized carbons (Fsp3) is 0.406. The highest BCUT2D eigenvalue weighted by molar-refractivity contribution is 7.98. The molecule has 0 radical (unpaired) electrons. The van der Waals surface area contributed by atoms with Gasteiger partial charge >= 0.3 is 6.18 Å². The molecule has 2 nitrogen and oxygen atoms in total. The zero-order chi connectivity index (χ0) is 29.9. The quantitative estimate of drug-likeness (QED) is 0.107. The monoisotopic (exact) mass is 594 g/mol. The highest BCUT2D eigenvalue weighted by Crippen LogP contribution is 2.35. The van der Waals surface area contributed by atoms with E-state index in [-0.39, 0.29) is 16.8 Å². The lowest BCUT2D eigenvalue weighted by Gasteiger charge is -2.14. The van der Waals surface area contributed by atoms with Crippen LogP contribution in [0.25, 0.3) is 10.9 Å². The van der Waals surface area contributed by atoms with E-state index >= 15 is 0 Å². The largest absolute Gasteiger partial charge is 0.412 e. The first kappa shape index (κ1) is 33.7. The molecular formula is C32H39ClF4N2S. The SMILES string of the molecule is CC/C=C(C)/N=C/C=C(\C)C(F)(F)F.CCCCCc1c(C(C)c2ccc(SC)cc2)[nH]c2cc(F)c(Cl)cc12. The summed E-state index contributed by atoms with van der Waals surface area (Å²) < 4.78 is 49.9. The van der Waals surface area contributed by atoms with Gasteiger partial charge < -0.3 is 4.98 Å². The molecule has 1 unspecified atom stereocenters. The first-order valence-electron chi connectivity index (χ1n) is 13.5. The normalized spacial score (nSPS) is 13.6. The number of aromatic amines is 1. The second-order valence-corrected chi connectivity index (χ2v) is 10.9. The van der Waals surface area contributed by atoms with Crippen molar-refractivity contribution < 1.29 is 17.6 Å². The molecule has 0 fully saturated rings. The van der Waals surface area contributed by atoms with Crippen LogP contribution in [-0.2, 0) is 6.42 Å². The highest BCUT2D eigenvalue weighted by atomic mass is 35.5. The van der Waals surface area contributed by atoms with Gasteiger partial charge in [0.15, 0.2) is 0 Å². The van der Waals surface area contributed by atoms with Crippen molar-refractivity contribution in [2.75, 3.05) is 6.26 Å². The van der Waals surface area contributed by atoms with Gasteiger partial charge in [-0.1, -0.05) is 63.4 Å². The number of H-pyrrole nitrogens is 1. The van der Waals surface area contributed by atoms with Crippen LogP contribution >= 0.6 is 23.4 Å². The summed E-state index contributed by atoms with van der Waals surface area (Å²) in [4.78, 5) is 8.57. The molecular weight excluding hydrogens is 556 g/mol. The Morgan fingerprint density at radius 2 is 1.77 bits per heavy atom. The number of allylic oxidation sites excluding steroid dienone is 4. The van der Waals surface area contributed by atoms with Gasteiger partial charge in [-0.15, -0.1) is 11.8 Å². The summed E-state index contributed by atoms with van der Waals surface area (Å²) in [6, 6.07) is 12.0. The molecule has 1 N–H and O–H groups in total. The van der Waals surface area contributed by atoms with E-state index in [1.807, 2.05) is 13.0 Å². The summed E-state index contributed by atoms with van der Waals surface area (Å²) in [6.07, 6.45) is 7.11. The molecule has 0 aliphatic carbocycles. The van der Waals surface area contributed by atoms with Crippen LogP contribution in [0.5, 0.6) is 0 Å². The Morgan fingerprint density at radius 1 is 1.10 bits per heavy atom. The van der Waals surface area contributed by atoms with Crippen molar-refractivity contribution in [3.63, 3.8) is 0 Å². The first-order chi connectivity index (χ1) is 18.9. The number of benzene rings is 2. The maximum absolute atomic E-state index is 13.9. The number of aryl methyl sites for hydroxylation is 1. The van der Waals surface area contributed by atoms with Crippen LogP contribution in [0.15, 0.2) is 69.7 Å². The predicted molar refractivity (Wildman–Crippen MR) is 165 cm³/mol. The number of fused-ring (bicyclic) bond motifs is 1. The molecule has 0 aliphatic heterocycles. The van der Waals surface area contributed by atoms with Gasteiger partial charge in [-0.25, -0.2) is 4.39 Å². The average Bonchev–Trinajstić information content (AvgIpc) is 3.25. The smallest absolute Gasteiger partial charge is 0.358 e. The maximum atomic E-state index is 13.9. The standard InChI is InChI=1S/C22H25ClFNS.C10H14F3N/c1-4-5-6-7-17-18-12-19(23)20(24)13-21(18)25-22(17)14(2)15-8-10-16(26-3)11-9-15;1-4-5-9(3)14-7-6-8(2)10(11,12)13/h8-14,25H,4-7H2,1-3H3;5-7H,4H2,1-3H3/b;8-6+,9-5+,14-7+. The molecule has 2 aromatic carbocycles. The van der Waals surface area contributed by atoms with E-state index in [2.05, 4.69) is 54.3 Å². The third-order valence-corrected chi connectivity index (χ3v) is 7.64. The molecule has 1 heterocycles. The van der Waals surface area contributed by atoms with Crippen molar-refractivity contribution in [1.82, 2.24) is 4.98 Å². The minimum Gasteiger partial charge on any atom is -0.358 e. The van der Waals surface area contributed by atoms with Crippen molar-refractivity contribution in [1.29, 1.82) is 0 Å². The van der Waals surface area contributed by atoms with Gasteiger partial charge in [0.2, 0.25) is 0 Å². The van der Waals surface area contributed by atoms with Gasteiger partial charge in [-0.05, 0) is 80.8 Å². The number of halogens is 5. The summed E-state index contributed by atoms with van der Waals surface area (Å²) >= 11 is 7.81. The number of unbranched alkanes of at least 4 members (excludes halogenated alkanes) is 2. The molecule has 3 aromatic rings. The van der Waals surface area contributed by atoms with E-state index in [1.165, 1.54) is 46.8 Å². The maximum Gasteiger partial charge on any atom is 0.412 e. The third kappa shape index (κ3) is 9.84. The molecule has 0 saturated heterocycles. The molecule has 8 heteroatoms. The number of aliphatic imine (C=N–C) groups is 1. The second-order valence-electron chi connectivity index (χ2n) is 9.66. The van der Waals surface area contributed by atoms with Gasteiger partial charge in [0.1, 0.15) is 5.82 Å². The molecule has 0 saturated carbocycles. The number of thioether (sulfide) groups is 1. The first-order valence-corrected chi connectivity index (χ1v) is 15.1. The summed E-state index contributed by atoms with van der Waals surface area (Å²) in [5, 5.41) is 1.24. The molecule has 0 spiro atoms. The van der Waals surface area contributed by atoms with Gasteiger partial charge in [0, 0.05) is 44.9 Å². The zero-order valence-electron chi connectivity index (χ0n) is 24.1. The van der Waals surface area contributed by atoms with Crippen LogP contribution in [0.1, 0.15) is 83.0 Å². The van der Waals surface area contributed by atoms with E-state index in [1.54, 1.807) is 24.8 Å². The van der Waals surface area contributed by atoms with Gasteiger partial charge in [0.05, 0.1) is 5.02 Å². The third-order valence-electron chi connectivity index (χ3n) is 6.61. The number of hydrogen-bond acceptors (Lipinski definition) is 2. The Balaban J connectivity index is 0.000000342. The van der Waals surface area contributed by atoms with Gasteiger partial charge in [-0.3, -0.25) is 4.99 Å². The van der Waals surface area contributed by atoms with Gasteiger partial charge in [-0.2, -0.15) is 13.2 Å². The minimum atomic E-state index is -4.26. The topological polar surface area (TPSA) is 28.1 Å². The summed E-state index contributed by atoms with van der Waals surface area (Å²) in [5.41, 5.74) is 4.62. The molecule has 1 atom stereocenters. The Bertz CT molecular complexity index is 1320. The van der Waals surface area contributed by atoms with Crippen LogP contribution < -0.4 is 0 Å². The summed E-state index contributed by atoms with van der Waals surface area (Å²) in [7, 11) is 0. The summed E-state index contributed by atoms with van der Waals surface area (Å²) in [5.74, 6) is -0.152. The molecule has 0 amide bonds. The number of nitrogens with one attached hydrogen (secondary N) is 1. The van der Waals surface area contributed by atoms with E-state index < -0.39 is 11.7 Å². The lowest BCUT2D eigenvalue weighted by atomic mass is 9.92. The number of alkyl halides is 3. The van der Waals surface area contributed by atoms with E-state index in [0.29, 0.717) is 0 Å². The predicted octanol–water partition coefficient (Wildman–Crippen LogP) is 11.4. The number of nitrogens with zero attached hydrogens (tertiary/aromatic N) is 1. The minimum absolute atomic E-state index is 0.191.